The summed E-state index contributed by atoms with van der Waals surface area (Å²) < 4.78 is 5.13. The van der Waals surface area contributed by atoms with Crippen LogP contribution in [0, 0.1) is 5.92 Å². The van der Waals surface area contributed by atoms with E-state index in [4.69, 9.17) is 16.3 Å². The molecule has 1 heterocycles. The summed E-state index contributed by atoms with van der Waals surface area (Å²) in [4.78, 5) is 26.4. The molecule has 1 aromatic rings. The molecule has 1 aliphatic carbocycles. The number of carbonyl (C=O) groups is 2. The third-order valence-corrected chi connectivity index (χ3v) is 5.11. The quantitative estimate of drug-likeness (QED) is 0.817. The van der Waals surface area contributed by atoms with Gasteiger partial charge in [-0.15, -0.1) is 0 Å². The minimum Gasteiger partial charge on any atom is -0.495 e. The zero-order chi connectivity index (χ0) is 17.8. The predicted octanol–water partition coefficient (Wildman–Crippen LogP) is 3.32. The van der Waals surface area contributed by atoms with E-state index in [2.05, 4.69) is 11.4 Å². The molecule has 1 saturated heterocycles. The first-order chi connectivity index (χ1) is 12.1. The van der Waals surface area contributed by atoms with Gasteiger partial charge in [-0.2, -0.15) is 0 Å². The van der Waals surface area contributed by atoms with Crippen LogP contribution in [-0.2, 0) is 9.59 Å². The highest BCUT2D eigenvalue weighted by Gasteiger charge is 2.35. The number of nitrogens with zero attached hydrogens (tertiary/aromatic N) is 1. The lowest BCUT2D eigenvalue weighted by atomic mass is 9.99. The van der Waals surface area contributed by atoms with Crippen LogP contribution in [0.1, 0.15) is 32.1 Å². The Hall–Kier alpha value is -2.01. The number of allylic oxidation sites excluding steroid dienone is 1. The van der Waals surface area contributed by atoms with Crippen molar-refractivity contribution in [2.24, 2.45) is 5.92 Å². The Bertz CT molecular complexity index is 702. The number of anilines is 1. The van der Waals surface area contributed by atoms with Crippen molar-refractivity contribution in [3.8, 4) is 5.75 Å². The molecule has 25 heavy (non-hydrogen) atoms. The van der Waals surface area contributed by atoms with Gasteiger partial charge >= 0.3 is 0 Å². The smallest absolute Gasteiger partial charge is 0.227 e. The monoisotopic (exact) mass is 362 g/mol. The van der Waals surface area contributed by atoms with Crippen molar-refractivity contribution in [1.82, 2.24) is 5.32 Å². The van der Waals surface area contributed by atoms with Crippen molar-refractivity contribution in [1.29, 1.82) is 0 Å². The van der Waals surface area contributed by atoms with Crippen LogP contribution in [0.25, 0.3) is 0 Å². The molecule has 1 unspecified atom stereocenters. The second-order valence-corrected chi connectivity index (χ2v) is 6.96. The maximum absolute atomic E-state index is 12.4. The van der Waals surface area contributed by atoms with E-state index in [-0.39, 0.29) is 24.2 Å². The fourth-order valence-corrected chi connectivity index (χ4v) is 3.62. The molecular weight excluding hydrogens is 340 g/mol. The van der Waals surface area contributed by atoms with Crippen molar-refractivity contribution in [2.75, 3.05) is 25.1 Å². The number of hydrogen-bond acceptors (Lipinski definition) is 3. The maximum atomic E-state index is 12.4. The van der Waals surface area contributed by atoms with Crippen molar-refractivity contribution in [3.05, 3.63) is 34.9 Å². The fraction of sp³-hybridized carbons (Fsp3) is 0.474. The van der Waals surface area contributed by atoms with Crippen LogP contribution in [-0.4, -0.2) is 32.0 Å². The number of amides is 2. The Morgan fingerprint density at radius 2 is 2.24 bits per heavy atom. The van der Waals surface area contributed by atoms with E-state index in [1.165, 1.54) is 18.4 Å². The van der Waals surface area contributed by atoms with E-state index in [1.807, 2.05) is 0 Å². The highest BCUT2D eigenvalue weighted by molar-refractivity contribution is 6.32. The second kappa shape index (κ2) is 7.91. The van der Waals surface area contributed by atoms with Gasteiger partial charge in [-0.1, -0.05) is 23.3 Å². The number of benzene rings is 1. The van der Waals surface area contributed by atoms with Crippen LogP contribution >= 0.6 is 11.6 Å². The molecule has 0 aromatic heterocycles. The first-order valence-electron chi connectivity index (χ1n) is 8.68. The highest BCUT2D eigenvalue weighted by Crippen LogP contribution is 2.32. The lowest BCUT2D eigenvalue weighted by Crippen LogP contribution is -2.34. The zero-order valence-corrected chi connectivity index (χ0v) is 15.1. The SMILES string of the molecule is COc1ccc(N2CC(C(=O)NCC3=CCCCC3)CC2=O)cc1Cl. The molecule has 3 rings (SSSR count). The summed E-state index contributed by atoms with van der Waals surface area (Å²) in [5, 5.41) is 3.43. The number of carbonyl (C=O) groups excluding carboxylic acids is 2. The minimum atomic E-state index is -0.322. The average molecular weight is 363 g/mol. The van der Waals surface area contributed by atoms with E-state index < -0.39 is 0 Å². The number of nitrogens with one attached hydrogen (secondary N) is 1. The molecule has 0 bridgehead atoms. The summed E-state index contributed by atoms with van der Waals surface area (Å²) in [6.45, 7) is 0.976. The Labute approximate surface area is 153 Å². The van der Waals surface area contributed by atoms with E-state index in [1.54, 1.807) is 30.2 Å². The van der Waals surface area contributed by atoms with Crippen molar-refractivity contribution >= 4 is 29.1 Å². The van der Waals surface area contributed by atoms with Crippen molar-refractivity contribution in [3.63, 3.8) is 0 Å². The van der Waals surface area contributed by atoms with Gasteiger partial charge in [0, 0.05) is 25.2 Å². The molecule has 1 atom stereocenters. The molecule has 0 saturated carbocycles. The van der Waals surface area contributed by atoms with Gasteiger partial charge in [0.1, 0.15) is 5.75 Å². The van der Waals surface area contributed by atoms with Crippen LogP contribution in [0.5, 0.6) is 5.75 Å². The lowest BCUT2D eigenvalue weighted by Gasteiger charge is -2.18. The van der Waals surface area contributed by atoms with E-state index in [0.29, 0.717) is 29.5 Å². The van der Waals surface area contributed by atoms with E-state index in [0.717, 1.165) is 12.8 Å². The third kappa shape index (κ3) is 4.15. The molecule has 0 radical (unpaired) electrons. The molecule has 6 heteroatoms. The van der Waals surface area contributed by atoms with Crippen LogP contribution < -0.4 is 15.0 Å². The predicted molar refractivity (Wildman–Crippen MR) is 98.0 cm³/mol. The molecule has 134 valence electrons. The standard InChI is InChI=1S/C19H23ClN2O3/c1-25-17-8-7-15(10-16(17)20)22-12-14(9-18(22)23)19(24)21-11-13-5-3-2-4-6-13/h5,7-8,10,14H,2-4,6,9,11-12H2,1H3,(H,21,24). The molecular formula is C19H23ClN2O3. The van der Waals surface area contributed by atoms with Crippen LogP contribution in [0.15, 0.2) is 29.8 Å². The third-order valence-electron chi connectivity index (χ3n) is 4.82. The van der Waals surface area contributed by atoms with Gasteiger partial charge in [0.15, 0.2) is 0 Å². The number of hydrogen-bond donors (Lipinski definition) is 1. The first-order valence-corrected chi connectivity index (χ1v) is 9.06. The molecule has 1 aromatic carbocycles. The van der Waals surface area contributed by atoms with Crippen molar-refractivity contribution < 1.29 is 14.3 Å². The molecule has 2 aliphatic rings. The average Bonchev–Trinajstić information content (AvgIpc) is 3.02. The van der Waals surface area contributed by atoms with Gasteiger partial charge in [0.05, 0.1) is 18.1 Å². The van der Waals surface area contributed by atoms with Gasteiger partial charge < -0.3 is 15.0 Å². The van der Waals surface area contributed by atoms with Crippen LogP contribution in [0.2, 0.25) is 5.02 Å². The number of methoxy groups -OCH3 is 1. The van der Waals surface area contributed by atoms with E-state index in [9.17, 15) is 9.59 Å². The molecule has 1 fully saturated rings. The van der Waals surface area contributed by atoms with Crippen LogP contribution in [0.3, 0.4) is 0 Å². The second-order valence-electron chi connectivity index (χ2n) is 6.55. The van der Waals surface area contributed by atoms with Gasteiger partial charge in [0.25, 0.3) is 0 Å². The normalized spacial score (nSPS) is 20.4. The topological polar surface area (TPSA) is 58.6 Å². The summed E-state index contributed by atoms with van der Waals surface area (Å²) in [5.41, 5.74) is 1.99. The molecule has 2 amide bonds. The van der Waals surface area contributed by atoms with Crippen molar-refractivity contribution in [2.45, 2.75) is 32.1 Å². The van der Waals surface area contributed by atoms with Gasteiger partial charge in [-0.25, -0.2) is 0 Å². The Morgan fingerprint density at radius 3 is 2.92 bits per heavy atom. The number of ether oxygens (including phenoxy) is 1. The molecule has 1 N–H and O–H groups in total. The Kier molecular flexibility index (Phi) is 5.63. The number of halogens is 1. The summed E-state index contributed by atoms with van der Waals surface area (Å²) in [6, 6.07) is 5.22. The summed E-state index contributed by atoms with van der Waals surface area (Å²) >= 11 is 6.14. The number of rotatable bonds is 5. The zero-order valence-electron chi connectivity index (χ0n) is 14.4. The summed E-state index contributed by atoms with van der Waals surface area (Å²) in [5.74, 6) is 0.130. The summed E-state index contributed by atoms with van der Waals surface area (Å²) in [6.07, 6.45) is 7.02. The van der Waals surface area contributed by atoms with E-state index >= 15 is 0 Å². The largest absolute Gasteiger partial charge is 0.495 e. The highest BCUT2D eigenvalue weighted by atomic mass is 35.5. The van der Waals surface area contributed by atoms with Gasteiger partial charge in [-0.3, -0.25) is 9.59 Å². The first kappa shape index (κ1) is 17.8. The minimum absolute atomic E-state index is 0.0538. The molecule has 1 aliphatic heterocycles. The Balaban J connectivity index is 1.60. The maximum Gasteiger partial charge on any atom is 0.227 e. The molecule has 5 nitrogen and oxygen atoms in total. The summed E-state index contributed by atoms with van der Waals surface area (Å²) in [7, 11) is 1.55. The van der Waals surface area contributed by atoms with Gasteiger partial charge in [-0.05, 0) is 43.9 Å². The fourth-order valence-electron chi connectivity index (χ4n) is 3.37. The van der Waals surface area contributed by atoms with Crippen LogP contribution in [0.4, 0.5) is 5.69 Å². The lowest BCUT2D eigenvalue weighted by molar-refractivity contribution is -0.126. The van der Waals surface area contributed by atoms with Gasteiger partial charge in [0.2, 0.25) is 11.8 Å². The molecule has 0 spiro atoms. The Morgan fingerprint density at radius 1 is 1.40 bits per heavy atom.